The fraction of sp³-hybridized carbons (Fsp3) is 0.222. The molecule has 2 atom stereocenters. The number of fused-ring (bicyclic) bond motifs is 1. The second-order valence-electron chi connectivity index (χ2n) is 6.02. The van der Waals surface area contributed by atoms with Crippen molar-refractivity contribution in [1.29, 1.82) is 0 Å². The Morgan fingerprint density at radius 2 is 1.81 bits per heavy atom. The lowest BCUT2D eigenvalue weighted by molar-refractivity contribution is -0.768. The van der Waals surface area contributed by atoms with Crippen molar-refractivity contribution in [3.8, 4) is 5.95 Å². The zero-order chi connectivity index (χ0) is 18.1. The van der Waals surface area contributed by atoms with E-state index in [4.69, 9.17) is 9.26 Å². The van der Waals surface area contributed by atoms with Gasteiger partial charge in [0.05, 0.1) is 16.3 Å². The van der Waals surface area contributed by atoms with Crippen molar-refractivity contribution in [3.05, 3.63) is 81.5 Å². The molecule has 0 saturated carbocycles. The largest absolute Gasteiger partial charge is 0.539 e. The van der Waals surface area contributed by atoms with Crippen LogP contribution in [0.15, 0.2) is 59.1 Å². The third-order valence-corrected chi connectivity index (χ3v) is 4.44. The smallest absolute Gasteiger partial charge is 0.269 e. The minimum atomic E-state index is -0.720. The molecule has 4 rings (SSSR count). The Morgan fingerprint density at radius 3 is 2.50 bits per heavy atom. The molecule has 2 heterocycles. The highest BCUT2D eigenvalue weighted by atomic mass is 16.6. The molecule has 1 aromatic heterocycles. The fourth-order valence-corrected chi connectivity index (χ4v) is 3.14. The van der Waals surface area contributed by atoms with Crippen molar-refractivity contribution in [1.82, 2.24) is 5.27 Å². The van der Waals surface area contributed by atoms with Gasteiger partial charge in [-0.2, -0.15) is 0 Å². The van der Waals surface area contributed by atoms with E-state index in [0.717, 1.165) is 5.56 Å². The second kappa shape index (κ2) is 6.57. The molecule has 0 saturated heterocycles. The lowest BCUT2D eigenvalue weighted by atomic mass is 10.0. The van der Waals surface area contributed by atoms with Crippen LogP contribution >= 0.6 is 0 Å². The minimum Gasteiger partial charge on any atom is -0.539 e. The highest BCUT2D eigenvalue weighted by Gasteiger charge is 2.36. The van der Waals surface area contributed by atoms with Crippen molar-refractivity contribution in [2.24, 2.45) is 0 Å². The maximum atomic E-state index is 12.2. The van der Waals surface area contributed by atoms with Crippen molar-refractivity contribution < 1.29 is 24.0 Å². The van der Waals surface area contributed by atoms with Crippen LogP contribution < -0.4 is 9.79 Å². The number of hydrogen-bond acceptors (Lipinski definition) is 6. The first-order valence-electron chi connectivity index (χ1n) is 8.15. The Kier molecular flexibility index (Phi) is 4.10. The Labute approximate surface area is 148 Å². The molecule has 2 aromatic carbocycles. The lowest BCUT2D eigenvalue weighted by Gasteiger charge is -2.20. The van der Waals surface area contributed by atoms with Crippen molar-refractivity contribution >= 4 is 5.69 Å². The summed E-state index contributed by atoms with van der Waals surface area (Å²) in [6, 6.07) is 15.7. The molecule has 132 valence electrons. The summed E-state index contributed by atoms with van der Waals surface area (Å²) in [7, 11) is 0. The van der Waals surface area contributed by atoms with E-state index in [1.165, 1.54) is 16.8 Å². The highest BCUT2D eigenvalue weighted by molar-refractivity contribution is 5.36. The molecular weight excluding hydrogens is 338 g/mol. The molecule has 3 aromatic rings. The van der Waals surface area contributed by atoms with Gasteiger partial charge in [0.1, 0.15) is 0 Å². The second-order valence-corrected chi connectivity index (χ2v) is 6.02. The topological polar surface area (TPSA) is 105 Å². The predicted molar refractivity (Wildman–Crippen MR) is 86.0 cm³/mol. The normalized spacial score (nSPS) is 19.5. The Balaban J connectivity index is 1.75. The molecule has 0 radical (unpaired) electrons. The number of nitrogens with zero attached hydrogens (tertiary/aromatic N) is 3. The number of non-ortho nitro benzene ring substituents is 1. The van der Waals surface area contributed by atoms with Gasteiger partial charge < -0.3 is 14.4 Å². The first-order valence-corrected chi connectivity index (χ1v) is 8.15. The lowest BCUT2D eigenvalue weighted by Crippen LogP contribution is -2.39. The van der Waals surface area contributed by atoms with Crippen LogP contribution in [-0.4, -0.2) is 10.2 Å². The molecule has 8 nitrogen and oxygen atoms in total. The molecule has 1 aliphatic rings. The summed E-state index contributed by atoms with van der Waals surface area (Å²) in [6.45, 7) is 0.476. The van der Waals surface area contributed by atoms with E-state index in [1.54, 1.807) is 12.1 Å². The van der Waals surface area contributed by atoms with Gasteiger partial charge >= 0.3 is 0 Å². The van der Waals surface area contributed by atoms with Crippen LogP contribution in [0.1, 0.15) is 35.4 Å². The van der Waals surface area contributed by atoms with Crippen molar-refractivity contribution in [3.63, 3.8) is 0 Å². The van der Waals surface area contributed by atoms with Gasteiger partial charge in [0.15, 0.2) is 18.6 Å². The van der Waals surface area contributed by atoms with Gasteiger partial charge in [0.2, 0.25) is 0 Å². The number of ether oxygens (including phenoxy) is 1. The van der Waals surface area contributed by atoms with Crippen LogP contribution in [0.2, 0.25) is 0 Å². The summed E-state index contributed by atoms with van der Waals surface area (Å²) in [5, 5.41) is 26.9. The number of aromatic nitrogens is 2. The Morgan fingerprint density at radius 1 is 1.08 bits per heavy atom. The van der Waals surface area contributed by atoms with Gasteiger partial charge in [0, 0.05) is 18.6 Å². The fourth-order valence-electron chi connectivity index (χ4n) is 3.14. The number of nitro benzene ring substituents is 1. The average Bonchev–Trinajstić information content (AvgIpc) is 2.92. The first-order chi connectivity index (χ1) is 12.6. The third-order valence-electron chi connectivity index (χ3n) is 4.44. The number of nitro groups is 1. The van der Waals surface area contributed by atoms with Crippen molar-refractivity contribution in [2.45, 2.75) is 25.2 Å². The van der Waals surface area contributed by atoms with E-state index in [-0.39, 0.29) is 17.5 Å². The molecule has 1 aliphatic heterocycles. The molecule has 26 heavy (non-hydrogen) atoms. The monoisotopic (exact) mass is 353 g/mol. The quantitative estimate of drug-likeness (QED) is 0.406. The highest BCUT2D eigenvalue weighted by Crippen LogP contribution is 2.37. The van der Waals surface area contributed by atoms with Crippen LogP contribution in [0.4, 0.5) is 5.69 Å². The summed E-state index contributed by atoms with van der Waals surface area (Å²) in [5.74, 6) is -0.568. The molecule has 0 aliphatic carbocycles. The van der Waals surface area contributed by atoms with Gasteiger partial charge in [-0.3, -0.25) is 10.1 Å². The van der Waals surface area contributed by atoms with Crippen LogP contribution in [0, 0.1) is 10.1 Å². The standard InChI is InChI=1S/C18H15N3O5/c22-18-16-17(13-6-8-14(9-7-13)21(23)24)25-15(10-11-20(16)19-26-18)12-4-2-1-3-5-12/h1-9,15,17H,10-11H2/t15-,17-/m0/s1. The predicted octanol–water partition coefficient (Wildman–Crippen LogP) is 2.19. The molecule has 0 bridgehead atoms. The van der Waals surface area contributed by atoms with E-state index in [2.05, 4.69) is 5.27 Å². The van der Waals surface area contributed by atoms with Crippen LogP contribution in [0.5, 0.6) is 5.95 Å². The van der Waals surface area contributed by atoms with E-state index in [1.807, 2.05) is 30.3 Å². The number of aryl methyl sites for hydroxylation is 1. The van der Waals surface area contributed by atoms with Gasteiger partial charge in [0.25, 0.3) is 11.4 Å². The SMILES string of the molecule is O=[N+]([O-])c1ccc([C@@H]2O[C@H](c3ccccc3)CC[n+]3noc([O-])c32)cc1. The van der Waals surface area contributed by atoms with E-state index < -0.39 is 17.0 Å². The summed E-state index contributed by atoms with van der Waals surface area (Å²) < 4.78 is 12.6. The summed E-state index contributed by atoms with van der Waals surface area (Å²) in [4.78, 5) is 10.4. The average molecular weight is 353 g/mol. The third kappa shape index (κ3) is 2.91. The Bertz CT molecular complexity index is 924. The van der Waals surface area contributed by atoms with Gasteiger partial charge in [-0.05, 0) is 23.3 Å². The first kappa shape index (κ1) is 16.2. The zero-order valence-corrected chi connectivity index (χ0v) is 13.6. The maximum absolute atomic E-state index is 12.2. The molecule has 0 amide bonds. The van der Waals surface area contributed by atoms with E-state index in [9.17, 15) is 15.2 Å². The van der Waals surface area contributed by atoms with Gasteiger partial charge in [-0.1, -0.05) is 35.0 Å². The molecule has 0 N–H and O–H groups in total. The summed E-state index contributed by atoms with van der Waals surface area (Å²) >= 11 is 0. The minimum absolute atomic E-state index is 0.0254. The molecule has 0 unspecified atom stereocenters. The molecule has 0 spiro atoms. The van der Waals surface area contributed by atoms with Gasteiger partial charge in [-0.25, -0.2) is 0 Å². The van der Waals surface area contributed by atoms with Crippen LogP contribution in [0.3, 0.4) is 0 Å². The Hall–Kier alpha value is -3.26. The number of rotatable bonds is 3. The van der Waals surface area contributed by atoms with Crippen LogP contribution in [-0.2, 0) is 11.3 Å². The molecular formula is C18H15N3O5. The van der Waals surface area contributed by atoms with Gasteiger partial charge in [-0.15, -0.1) is 0 Å². The maximum Gasteiger partial charge on any atom is 0.269 e. The van der Waals surface area contributed by atoms with E-state index in [0.29, 0.717) is 18.5 Å². The molecule has 8 heteroatoms. The number of benzene rings is 2. The summed E-state index contributed by atoms with van der Waals surface area (Å²) in [6.07, 6.45) is -0.336. The van der Waals surface area contributed by atoms with Crippen LogP contribution in [0.25, 0.3) is 0 Å². The zero-order valence-electron chi connectivity index (χ0n) is 13.6. The van der Waals surface area contributed by atoms with Crippen molar-refractivity contribution in [2.75, 3.05) is 0 Å². The molecule has 0 fully saturated rings. The van der Waals surface area contributed by atoms with E-state index >= 15 is 0 Å². The summed E-state index contributed by atoms with van der Waals surface area (Å²) in [5.41, 5.74) is 1.89. The number of hydrogen-bond donors (Lipinski definition) is 0.